The van der Waals surface area contributed by atoms with Gasteiger partial charge in [0.2, 0.25) is 0 Å². The van der Waals surface area contributed by atoms with E-state index in [2.05, 4.69) is 41.2 Å². The van der Waals surface area contributed by atoms with Crippen LogP contribution in [-0.4, -0.2) is 6.04 Å². The van der Waals surface area contributed by atoms with Crippen LogP contribution in [0.3, 0.4) is 0 Å². The van der Waals surface area contributed by atoms with E-state index in [1.165, 1.54) is 9.35 Å². The number of thiophene rings is 1. The fraction of sp³-hybridized carbons (Fsp3) is 0.556. The number of nitrogens with two attached hydrogens (primary N) is 1. The zero-order valence-corrected chi connectivity index (χ0v) is 9.58. The van der Waals surface area contributed by atoms with E-state index in [1.807, 2.05) is 0 Å². The van der Waals surface area contributed by atoms with Gasteiger partial charge in [-0.1, -0.05) is 13.8 Å². The maximum atomic E-state index is 5.99. The standard InChI is InChI=1S/C9H12BrNS/c1-9(2)6(8(9)11)7-5(10)3-4-12-7/h3-4,6,8H,11H2,1-2H3/t6-,8-/m1/s1. The molecule has 0 aromatic carbocycles. The van der Waals surface area contributed by atoms with Gasteiger partial charge < -0.3 is 5.73 Å². The number of hydrogen-bond acceptors (Lipinski definition) is 2. The largest absolute Gasteiger partial charge is 0.327 e. The van der Waals surface area contributed by atoms with Crippen molar-refractivity contribution in [3.8, 4) is 0 Å². The van der Waals surface area contributed by atoms with Crippen molar-refractivity contribution in [1.29, 1.82) is 0 Å². The first-order chi connectivity index (χ1) is 5.55. The molecule has 3 heteroatoms. The summed E-state index contributed by atoms with van der Waals surface area (Å²) in [6, 6.07) is 2.44. The maximum absolute atomic E-state index is 5.99. The summed E-state index contributed by atoms with van der Waals surface area (Å²) in [5, 5.41) is 2.11. The highest BCUT2D eigenvalue weighted by Crippen LogP contribution is 2.59. The van der Waals surface area contributed by atoms with E-state index < -0.39 is 0 Å². The van der Waals surface area contributed by atoms with Crippen molar-refractivity contribution in [2.45, 2.75) is 25.8 Å². The number of hydrogen-bond donors (Lipinski definition) is 1. The summed E-state index contributed by atoms with van der Waals surface area (Å²) >= 11 is 5.34. The van der Waals surface area contributed by atoms with Crippen LogP contribution in [-0.2, 0) is 0 Å². The van der Waals surface area contributed by atoms with Crippen LogP contribution in [0.4, 0.5) is 0 Å². The van der Waals surface area contributed by atoms with Gasteiger partial charge in [0.05, 0.1) is 0 Å². The Bertz CT molecular complexity index is 305. The predicted molar refractivity (Wildman–Crippen MR) is 56.5 cm³/mol. The summed E-state index contributed by atoms with van der Waals surface area (Å²) in [6.45, 7) is 4.46. The molecule has 1 heterocycles. The SMILES string of the molecule is CC1(C)[C@H](N)[C@H]1c1sccc1Br. The normalized spacial score (nSPS) is 32.0. The maximum Gasteiger partial charge on any atom is 0.0318 e. The van der Waals surface area contributed by atoms with Crippen LogP contribution in [0.2, 0.25) is 0 Å². The van der Waals surface area contributed by atoms with Gasteiger partial charge in [-0.3, -0.25) is 0 Å². The molecule has 0 spiro atoms. The van der Waals surface area contributed by atoms with Crippen LogP contribution in [0.15, 0.2) is 15.9 Å². The molecule has 2 rings (SSSR count). The van der Waals surface area contributed by atoms with Crippen LogP contribution in [0.1, 0.15) is 24.6 Å². The molecule has 0 bridgehead atoms. The average molecular weight is 246 g/mol. The van der Waals surface area contributed by atoms with Gasteiger partial charge in [-0.25, -0.2) is 0 Å². The summed E-state index contributed by atoms with van der Waals surface area (Å²) in [4.78, 5) is 1.41. The van der Waals surface area contributed by atoms with Crippen molar-refractivity contribution in [1.82, 2.24) is 0 Å². The third-order valence-corrected chi connectivity index (χ3v) is 4.79. The summed E-state index contributed by atoms with van der Waals surface area (Å²) < 4.78 is 1.22. The van der Waals surface area contributed by atoms with E-state index in [9.17, 15) is 0 Å². The molecule has 0 unspecified atom stereocenters. The van der Waals surface area contributed by atoms with Gasteiger partial charge >= 0.3 is 0 Å². The van der Waals surface area contributed by atoms with E-state index in [-0.39, 0.29) is 0 Å². The molecule has 1 nitrogen and oxygen atoms in total. The van der Waals surface area contributed by atoms with Crippen molar-refractivity contribution in [3.05, 3.63) is 20.8 Å². The van der Waals surface area contributed by atoms with E-state index in [0.29, 0.717) is 17.4 Å². The molecule has 0 aliphatic heterocycles. The minimum Gasteiger partial charge on any atom is -0.327 e. The Balaban J connectivity index is 2.30. The molecule has 1 aromatic rings. The van der Waals surface area contributed by atoms with Gasteiger partial charge in [0.1, 0.15) is 0 Å². The van der Waals surface area contributed by atoms with E-state index in [0.717, 1.165) is 0 Å². The Hall–Kier alpha value is 0.140. The molecule has 0 amide bonds. The molecular weight excluding hydrogens is 234 g/mol. The predicted octanol–water partition coefficient (Wildman–Crippen LogP) is 2.96. The molecule has 12 heavy (non-hydrogen) atoms. The lowest BCUT2D eigenvalue weighted by Gasteiger charge is -1.99. The molecule has 2 atom stereocenters. The first-order valence-corrected chi connectivity index (χ1v) is 5.71. The second-order valence-electron chi connectivity index (χ2n) is 3.96. The highest BCUT2D eigenvalue weighted by atomic mass is 79.9. The average Bonchev–Trinajstić information content (AvgIpc) is 2.39. The van der Waals surface area contributed by atoms with Gasteiger partial charge in [-0.05, 0) is 32.8 Å². The molecule has 1 aliphatic rings. The summed E-state index contributed by atoms with van der Waals surface area (Å²) in [5.74, 6) is 0.562. The van der Waals surface area contributed by atoms with Crippen LogP contribution in [0.5, 0.6) is 0 Å². The monoisotopic (exact) mass is 245 g/mol. The third-order valence-electron chi connectivity index (χ3n) is 2.84. The number of rotatable bonds is 1. The zero-order chi connectivity index (χ0) is 8.93. The second kappa shape index (κ2) is 2.56. The van der Waals surface area contributed by atoms with E-state index in [1.54, 1.807) is 11.3 Å². The number of halogens is 1. The fourth-order valence-corrected chi connectivity index (χ4v) is 3.67. The minimum atomic E-state index is 0.299. The first kappa shape index (κ1) is 8.73. The topological polar surface area (TPSA) is 26.0 Å². The molecule has 2 N–H and O–H groups in total. The van der Waals surface area contributed by atoms with E-state index in [4.69, 9.17) is 5.73 Å². The summed E-state index contributed by atoms with van der Waals surface area (Å²) in [5.41, 5.74) is 6.29. The molecule has 1 fully saturated rings. The van der Waals surface area contributed by atoms with Gasteiger partial charge in [-0.15, -0.1) is 11.3 Å². The van der Waals surface area contributed by atoms with Crippen molar-refractivity contribution < 1.29 is 0 Å². The highest BCUT2D eigenvalue weighted by molar-refractivity contribution is 9.10. The van der Waals surface area contributed by atoms with Crippen LogP contribution >= 0.6 is 27.3 Å². The van der Waals surface area contributed by atoms with Crippen molar-refractivity contribution in [3.63, 3.8) is 0 Å². The second-order valence-corrected chi connectivity index (χ2v) is 5.76. The lowest BCUT2D eigenvalue weighted by atomic mass is 10.1. The summed E-state index contributed by atoms with van der Waals surface area (Å²) in [6.07, 6.45) is 0. The Morgan fingerprint density at radius 3 is 2.50 bits per heavy atom. The van der Waals surface area contributed by atoms with Crippen LogP contribution < -0.4 is 5.73 Å². The zero-order valence-electron chi connectivity index (χ0n) is 7.17. The molecule has 0 saturated heterocycles. The fourth-order valence-electron chi connectivity index (χ4n) is 1.71. The Labute approximate surface area is 85.1 Å². The van der Waals surface area contributed by atoms with Gasteiger partial charge in [0.25, 0.3) is 0 Å². The molecule has 1 aromatic heterocycles. The van der Waals surface area contributed by atoms with Crippen molar-refractivity contribution in [2.24, 2.45) is 11.1 Å². The highest BCUT2D eigenvalue weighted by Gasteiger charge is 2.57. The molecular formula is C9H12BrNS. The van der Waals surface area contributed by atoms with Gasteiger partial charge in [-0.2, -0.15) is 0 Å². The Morgan fingerprint density at radius 2 is 2.17 bits per heavy atom. The lowest BCUT2D eigenvalue weighted by molar-refractivity contribution is 0.601. The first-order valence-electron chi connectivity index (χ1n) is 4.03. The lowest BCUT2D eigenvalue weighted by Crippen LogP contribution is -2.06. The third kappa shape index (κ3) is 1.07. The molecule has 66 valence electrons. The van der Waals surface area contributed by atoms with Crippen LogP contribution in [0, 0.1) is 5.41 Å². The van der Waals surface area contributed by atoms with E-state index >= 15 is 0 Å². The van der Waals surface area contributed by atoms with Gasteiger partial charge in [0.15, 0.2) is 0 Å². The Morgan fingerprint density at radius 1 is 1.58 bits per heavy atom. The van der Waals surface area contributed by atoms with Crippen molar-refractivity contribution in [2.75, 3.05) is 0 Å². The summed E-state index contributed by atoms with van der Waals surface area (Å²) in [7, 11) is 0. The molecule has 1 saturated carbocycles. The van der Waals surface area contributed by atoms with Crippen LogP contribution in [0.25, 0.3) is 0 Å². The smallest absolute Gasteiger partial charge is 0.0318 e. The quantitative estimate of drug-likeness (QED) is 0.810. The Kier molecular flexibility index (Phi) is 1.86. The minimum absolute atomic E-state index is 0.299. The van der Waals surface area contributed by atoms with Gasteiger partial charge in [0, 0.05) is 21.3 Å². The van der Waals surface area contributed by atoms with Crippen molar-refractivity contribution >= 4 is 27.3 Å². The molecule has 1 aliphatic carbocycles. The molecule has 0 radical (unpaired) electrons.